The number of likely N-dealkylation sites (tertiary alicyclic amines) is 1. The first-order valence-electron chi connectivity index (χ1n) is 11.0. The molecule has 2 aromatic rings. The van der Waals surface area contributed by atoms with Gasteiger partial charge in [-0.15, -0.1) is 0 Å². The van der Waals surface area contributed by atoms with Gasteiger partial charge in [-0.05, 0) is 51.2 Å². The fourth-order valence-electron chi connectivity index (χ4n) is 4.16. The first kappa shape index (κ1) is 21.3. The van der Waals surface area contributed by atoms with Crippen LogP contribution in [0.5, 0.6) is 0 Å². The number of nitrogens with one attached hydrogen (secondary N) is 2. The molecule has 2 heterocycles. The number of fused-ring (bicyclic) bond motifs is 1. The largest absolute Gasteiger partial charge is 0.450 e. The van der Waals surface area contributed by atoms with Gasteiger partial charge in [0.25, 0.3) is 5.91 Å². The van der Waals surface area contributed by atoms with E-state index in [1.807, 2.05) is 6.07 Å². The number of anilines is 1. The summed E-state index contributed by atoms with van der Waals surface area (Å²) in [5.41, 5.74) is 1.22. The van der Waals surface area contributed by atoms with Gasteiger partial charge in [0.1, 0.15) is 0 Å². The lowest BCUT2D eigenvalue weighted by atomic mass is 9.93. The van der Waals surface area contributed by atoms with Crippen molar-refractivity contribution in [3.63, 3.8) is 0 Å². The third kappa shape index (κ3) is 5.22. The fourth-order valence-corrected chi connectivity index (χ4v) is 4.16. The highest BCUT2D eigenvalue weighted by Crippen LogP contribution is 2.22. The number of hydrogen-bond acceptors (Lipinski definition) is 7. The molecule has 9 nitrogen and oxygen atoms in total. The molecule has 0 bridgehead atoms. The Morgan fingerprint density at radius 3 is 2.77 bits per heavy atom. The molecular weight excluding hydrogens is 398 g/mol. The van der Waals surface area contributed by atoms with Crippen molar-refractivity contribution in [2.75, 3.05) is 25.0 Å². The molecule has 2 fully saturated rings. The lowest BCUT2D eigenvalue weighted by Crippen LogP contribution is -2.38. The molecule has 2 amide bonds. The second-order valence-corrected chi connectivity index (χ2v) is 8.22. The first-order chi connectivity index (χ1) is 15.0. The van der Waals surface area contributed by atoms with E-state index in [9.17, 15) is 14.7 Å². The Labute approximate surface area is 181 Å². The highest BCUT2D eigenvalue weighted by molar-refractivity contribution is 5.98. The summed E-state index contributed by atoms with van der Waals surface area (Å²) in [7, 11) is 0. The number of ether oxygens (including phenoxy) is 1. The average molecular weight is 428 g/mol. The van der Waals surface area contributed by atoms with Crippen molar-refractivity contribution < 1.29 is 19.4 Å². The van der Waals surface area contributed by atoms with Crippen LogP contribution in [0.3, 0.4) is 0 Å². The van der Waals surface area contributed by atoms with Crippen LogP contribution in [0.1, 0.15) is 49.4 Å². The molecule has 4 rings (SSSR count). The number of rotatable bonds is 5. The van der Waals surface area contributed by atoms with Gasteiger partial charge >= 0.3 is 6.09 Å². The number of carbonyl (C=O) groups excluding carboxylic acids is 2. The van der Waals surface area contributed by atoms with Gasteiger partial charge in [-0.3, -0.25) is 4.79 Å². The van der Waals surface area contributed by atoms with Crippen LogP contribution >= 0.6 is 0 Å². The number of aliphatic hydroxyl groups is 1. The molecule has 31 heavy (non-hydrogen) atoms. The molecule has 1 saturated heterocycles. The van der Waals surface area contributed by atoms with Crippen molar-refractivity contribution >= 4 is 28.9 Å². The van der Waals surface area contributed by atoms with Gasteiger partial charge in [0.15, 0.2) is 0 Å². The van der Waals surface area contributed by atoms with E-state index in [1.54, 1.807) is 30.2 Å². The Morgan fingerprint density at radius 1 is 1.19 bits per heavy atom. The Morgan fingerprint density at radius 2 is 2.00 bits per heavy atom. The highest BCUT2D eigenvalue weighted by atomic mass is 16.6. The monoisotopic (exact) mass is 427 g/mol. The van der Waals surface area contributed by atoms with Crippen LogP contribution in [-0.4, -0.2) is 69.9 Å². The molecule has 1 aliphatic carbocycles. The van der Waals surface area contributed by atoms with Gasteiger partial charge in [0, 0.05) is 42.3 Å². The summed E-state index contributed by atoms with van der Waals surface area (Å²) in [5.74, 6) is 0.347. The molecule has 1 atom stereocenters. The molecule has 3 N–H and O–H groups in total. The molecule has 9 heteroatoms. The topological polar surface area (TPSA) is 117 Å². The van der Waals surface area contributed by atoms with Crippen LogP contribution in [0.4, 0.5) is 10.7 Å². The number of hydrogen-bond donors (Lipinski definition) is 3. The normalized spacial score (nSPS) is 23.5. The van der Waals surface area contributed by atoms with Gasteiger partial charge < -0.3 is 25.4 Å². The van der Waals surface area contributed by atoms with Crippen LogP contribution in [0.25, 0.3) is 10.9 Å². The number of amides is 2. The van der Waals surface area contributed by atoms with Gasteiger partial charge in [0.05, 0.1) is 18.2 Å². The zero-order valence-electron chi connectivity index (χ0n) is 17.7. The minimum Gasteiger partial charge on any atom is -0.450 e. The Balaban J connectivity index is 1.39. The summed E-state index contributed by atoms with van der Waals surface area (Å²) in [6, 6.07) is 5.51. The van der Waals surface area contributed by atoms with Crippen LogP contribution in [0.2, 0.25) is 0 Å². The Bertz CT molecular complexity index is 945. The first-order valence-corrected chi connectivity index (χ1v) is 11.0. The number of carbonyl (C=O) groups is 2. The van der Waals surface area contributed by atoms with E-state index >= 15 is 0 Å². The summed E-state index contributed by atoms with van der Waals surface area (Å²) in [4.78, 5) is 35.2. The highest BCUT2D eigenvalue weighted by Gasteiger charge is 2.28. The molecule has 0 radical (unpaired) electrons. The van der Waals surface area contributed by atoms with E-state index in [4.69, 9.17) is 4.74 Å². The SMILES string of the molecule is CCOC(=O)N1CCC(NC(=O)c2ccc3cnc(N[C@H]4CC[C@H](O)CC4)nc3c2)C1. The van der Waals surface area contributed by atoms with Crippen LogP contribution in [-0.2, 0) is 4.74 Å². The summed E-state index contributed by atoms with van der Waals surface area (Å²) in [6.07, 6.45) is 5.23. The third-order valence-electron chi connectivity index (χ3n) is 5.92. The summed E-state index contributed by atoms with van der Waals surface area (Å²) in [6.45, 7) is 3.13. The Hall–Kier alpha value is -2.94. The minimum absolute atomic E-state index is 0.100. The fraction of sp³-hybridized carbons (Fsp3) is 0.545. The van der Waals surface area contributed by atoms with Crippen molar-refractivity contribution in [1.82, 2.24) is 20.2 Å². The van der Waals surface area contributed by atoms with E-state index in [1.165, 1.54) is 0 Å². The summed E-state index contributed by atoms with van der Waals surface area (Å²) in [5, 5.41) is 16.9. The lowest BCUT2D eigenvalue weighted by Gasteiger charge is -2.26. The predicted octanol–water partition coefficient (Wildman–Crippen LogP) is 2.31. The molecule has 1 aliphatic heterocycles. The maximum Gasteiger partial charge on any atom is 0.409 e. The number of aliphatic hydroxyl groups excluding tert-OH is 1. The predicted molar refractivity (Wildman–Crippen MR) is 116 cm³/mol. The minimum atomic E-state index is -0.339. The van der Waals surface area contributed by atoms with E-state index in [0.29, 0.717) is 43.1 Å². The number of aromatic nitrogens is 2. The number of benzene rings is 1. The smallest absolute Gasteiger partial charge is 0.409 e. The van der Waals surface area contributed by atoms with E-state index in [2.05, 4.69) is 20.6 Å². The molecule has 1 aromatic heterocycles. The molecule has 0 spiro atoms. The van der Waals surface area contributed by atoms with Crippen LogP contribution in [0.15, 0.2) is 24.4 Å². The van der Waals surface area contributed by atoms with E-state index in [-0.39, 0.29) is 30.2 Å². The van der Waals surface area contributed by atoms with Gasteiger partial charge in [-0.2, -0.15) is 0 Å². The van der Waals surface area contributed by atoms with Crippen molar-refractivity contribution in [1.29, 1.82) is 0 Å². The quantitative estimate of drug-likeness (QED) is 0.670. The standard InChI is InChI=1S/C22H29N5O4/c1-2-31-22(30)27-10-9-17(13-27)24-20(29)14-3-4-15-12-23-21(26-19(15)11-14)25-16-5-7-18(28)8-6-16/h3-4,11-12,16-18,28H,2,5-10,13H2,1H3,(H,24,29)(H,23,25,26)/t16-,17?,18-. The lowest BCUT2D eigenvalue weighted by molar-refractivity contribution is 0.0930. The van der Waals surface area contributed by atoms with Crippen molar-refractivity contribution in [3.05, 3.63) is 30.0 Å². The van der Waals surface area contributed by atoms with E-state index in [0.717, 1.165) is 31.1 Å². The molecular formula is C22H29N5O4. The second kappa shape index (κ2) is 9.47. The molecule has 2 aliphatic rings. The zero-order chi connectivity index (χ0) is 21.8. The van der Waals surface area contributed by atoms with Crippen molar-refractivity contribution in [2.45, 2.75) is 57.2 Å². The number of nitrogens with zero attached hydrogens (tertiary/aromatic N) is 3. The molecule has 1 saturated carbocycles. The average Bonchev–Trinajstić information content (AvgIpc) is 3.23. The van der Waals surface area contributed by atoms with Crippen molar-refractivity contribution in [2.24, 2.45) is 0 Å². The maximum absolute atomic E-state index is 12.8. The summed E-state index contributed by atoms with van der Waals surface area (Å²) < 4.78 is 5.02. The second-order valence-electron chi connectivity index (χ2n) is 8.22. The molecule has 1 unspecified atom stereocenters. The molecule has 166 valence electrons. The third-order valence-corrected chi connectivity index (χ3v) is 5.92. The van der Waals surface area contributed by atoms with Crippen LogP contribution in [0, 0.1) is 0 Å². The van der Waals surface area contributed by atoms with Crippen LogP contribution < -0.4 is 10.6 Å². The molecule has 1 aromatic carbocycles. The van der Waals surface area contributed by atoms with Gasteiger partial charge in [0.2, 0.25) is 5.95 Å². The van der Waals surface area contributed by atoms with Gasteiger partial charge in [-0.1, -0.05) is 6.07 Å². The van der Waals surface area contributed by atoms with Crippen molar-refractivity contribution in [3.8, 4) is 0 Å². The van der Waals surface area contributed by atoms with E-state index < -0.39 is 0 Å². The maximum atomic E-state index is 12.8. The zero-order valence-corrected chi connectivity index (χ0v) is 17.7. The van der Waals surface area contributed by atoms with Gasteiger partial charge in [-0.25, -0.2) is 14.8 Å². The Kier molecular flexibility index (Phi) is 6.50. The summed E-state index contributed by atoms with van der Waals surface area (Å²) >= 11 is 0.